The number of carbonyl (C=O) groups is 3. The fourth-order valence-electron chi connectivity index (χ4n) is 10.5. The van der Waals surface area contributed by atoms with Crippen LogP contribution in [-0.2, 0) is 23.9 Å². The van der Waals surface area contributed by atoms with Crippen molar-refractivity contribution in [2.45, 2.75) is 130 Å². The zero-order valence-electron chi connectivity index (χ0n) is 25.2. The fraction of sp³-hybridized carbons (Fsp3) is 0.909. The summed E-state index contributed by atoms with van der Waals surface area (Å²) in [6, 6.07) is 0. The first-order chi connectivity index (χ1) is 18.6. The van der Waals surface area contributed by atoms with Gasteiger partial charge in [0.05, 0.1) is 0 Å². The summed E-state index contributed by atoms with van der Waals surface area (Å²) >= 11 is 0. The molecule has 1 heterocycles. The van der Waals surface area contributed by atoms with Crippen molar-refractivity contribution < 1.29 is 23.9 Å². The third-order valence-electron chi connectivity index (χ3n) is 12.6. The van der Waals surface area contributed by atoms with Crippen molar-refractivity contribution in [1.82, 2.24) is 4.90 Å². The van der Waals surface area contributed by atoms with Crippen LogP contribution in [0.1, 0.15) is 118 Å². The summed E-state index contributed by atoms with van der Waals surface area (Å²) < 4.78 is 12.3. The van der Waals surface area contributed by atoms with Crippen LogP contribution in [0.2, 0.25) is 0 Å². The van der Waals surface area contributed by atoms with E-state index in [1.807, 2.05) is 4.90 Å². The number of hydrogen-bond donors (Lipinski definition) is 0. The molecule has 6 heteroatoms. The van der Waals surface area contributed by atoms with E-state index in [4.69, 9.17) is 9.47 Å². The number of hydrogen-bond acceptors (Lipinski definition) is 5. The minimum absolute atomic E-state index is 0.0163. The highest BCUT2D eigenvalue weighted by atomic mass is 16.5. The topological polar surface area (TPSA) is 72.9 Å². The average Bonchev–Trinajstić information content (AvgIpc) is 3.25. The maximum Gasteiger partial charge on any atom is 0.306 e. The van der Waals surface area contributed by atoms with Gasteiger partial charge in [0, 0.05) is 38.3 Å². The molecule has 5 fully saturated rings. The van der Waals surface area contributed by atoms with Gasteiger partial charge in [-0.25, -0.2) is 0 Å². The standard InChI is InChI=1S/C33H53NO5/c1-6-34(7-2)28(35)14-11-21(3)24-12-13-25-31-26(16-18-33(24,25)5)32(4)17-15-23-19-22(32)20-27(31)39-30(37)10-8-9-29(36)38-23/h21-27,31H,6-20H2,1-5H3/t21-,22+,23-,24-,25+,26+,27-,31+,32+,33-/m1/s1. The summed E-state index contributed by atoms with van der Waals surface area (Å²) in [6.45, 7) is 13.1. The highest BCUT2D eigenvalue weighted by molar-refractivity contribution is 5.76. The maximum atomic E-state index is 13.0. The molecule has 5 aliphatic rings. The first kappa shape index (κ1) is 28.9. The van der Waals surface area contributed by atoms with Crippen LogP contribution in [0.15, 0.2) is 0 Å². The minimum atomic E-state index is -0.152. The van der Waals surface area contributed by atoms with Gasteiger partial charge in [0.2, 0.25) is 5.91 Å². The van der Waals surface area contributed by atoms with Crippen LogP contribution in [0.25, 0.3) is 0 Å². The van der Waals surface area contributed by atoms with Crippen LogP contribution in [-0.4, -0.2) is 48.0 Å². The summed E-state index contributed by atoms with van der Waals surface area (Å²) in [6.07, 6.45) is 11.5. The Hall–Kier alpha value is -1.59. The fourth-order valence-corrected chi connectivity index (χ4v) is 10.5. The van der Waals surface area contributed by atoms with Gasteiger partial charge in [0.25, 0.3) is 0 Å². The van der Waals surface area contributed by atoms with Crippen LogP contribution < -0.4 is 0 Å². The predicted molar refractivity (Wildman–Crippen MR) is 151 cm³/mol. The molecule has 6 nitrogen and oxygen atoms in total. The Bertz CT molecular complexity index is 931. The summed E-state index contributed by atoms with van der Waals surface area (Å²) in [5, 5.41) is 0. The van der Waals surface area contributed by atoms with E-state index in [2.05, 4.69) is 34.6 Å². The number of esters is 2. The van der Waals surface area contributed by atoms with Gasteiger partial charge in [-0.2, -0.15) is 0 Å². The van der Waals surface area contributed by atoms with E-state index >= 15 is 0 Å². The Morgan fingerprint density at radius 2 is 1.59 bits per heavy atom. The molecule has 0 radical (unpaired) electrons. The second kappa shape index (κ2) is 11.4. The number of nitrogens with zero attached hydrogens (tertiary/aromatic N) is 1. The first-order valence-corrected chi connectivity index (χ1v) is 16.3. The lowest BCUT2D eigenvalue weighted by Crippen LogP contribution is -2.59. The molecule has 0 N–H and O–H groups in total. The highest BCUT2D eigenvalue weighted by Gasteiger charge is 2.64. The van der Waals surface area contributed by atoms with Crippen LogP contribution in [0.3, 0.4) is 0 Å². The number of ether oxygens (including phenoxy) is 2. The molecule has 4 saturated carbocycles. The third-order valence-corrected chi connectivity index (χ3v) is 12.6. The molecule has 4 aliphatic carbocycles. The Labute approximate surface area is 236 Å². The largest absolute Gasteiger partial charge is 0.462 e. The molecule has 0 unspecified atom stereocenters. The van der Waals surface area contributed by atoms with Gasteiger partial charge in [-0.1, -0.05) is 20.8 Å². The van der Waals surface area contributed by atoms with Gasteiger partial charge < -0.3 is 14.4 Å². The summed E-state index contributed by atoms with van der Waals surface area (Å²) in [5.41, 5.74) is 0.465. The lowest BCUT2D eigenvalue weighted by molar-refractivity contribution is -0.200. The number of fused-ring (bicyclic) bond motifs is 7. The Kier molecular flexibility index (Phi) is 8.42. The minimum Gasteiger partial charge on any atom is -0.462 e. The Morgan fingerprint density at radius 3 is 2.31 bits per heavy atom. The van der Waals surface area contributed by atoms with Crippen LogP contribution in [0.5, 0.6) is 0 Å². The molecule has 1 saturated heterocycles. The molecule has 3 bridgehead atoms. The van der Waals surface area contributed by atoms with Crippen molar-refractivity contribution in [2.24, 2.45) is 46.3 Å². The van der Waals surface area contributed by atoms with Crippen molar-refractivity contribution in [3.8, 4) is 0 Å². The van der Waals surface area contributed by atoms with Crippen molar-refractivity contribution in [2.75, 3.05) is 13.1 Å². The summed E-state index contributed by atoms with van der Waals surface area (Å²) in [5.74, 6) is 3.14. The van der Waals surface area contributed by atoms with Crippen LogP contribution in [0, 0.1) is 46.3 Å². The van der Waals surface area contributed by atoms with E-state index in [1.54, 1.807) is 0 Å². The third kappa shape index (κ3) is 5.27. The number of carbonyl (C=O) groups excluding carboxylic acids is 3. The van der Waals surface area contributed by atoms with Gasteiger partial charge in [-0.15, -0.1) is 0 Å². The van der Waals surface area contributed by atoms with Crippen molar-refractivity contribution in [1.29, 1.82) is 0 Å². The Morgan fingerprint density at radius 1 is 0.923 bits per heavy atom. The molecule has 39 heavy (non-hydrogen) atoms. The normalized spacial score (nSPS) is 42.7. The molecule has 0 aromatic heterocycles. The number of rotatable bonds is 6. The monoisotopic (exact) mass is 543 g/mol. The molecule has 0 aromatic rings. The number of amides is 1. The molecule has 0 spiro atoms. The van der Waals surface area contributed by atoms with Gasteiger partial charge in [0.15, 0.2) is 0 Å². The smallest absolute Gasteiger partial charge is 0.306 e. The van der Waals surface area contributed by atoms with E-state index in [1.165, 1.54) is 25.7 Å². The lowest BCUT2D eigenvalue weighted by atomic mass is 9.43. The second-order valence-electron chi connectivity index (χ2n) is 14.3. The molecular weight excluding hydrogens is 490 g/mol. The molecular formula is C33H53NO5. The van der Waals surface area contributed by atoms with Crippen molar-refractivity contribution in [3.05, 3.63) is 0 Å². The maximum absolute atomic E-state index is 13.0. The SMILES string of the molecule is CCN(CC)C(=O)CC[C@@H](C)[C@H]1CC[C@H]2[C@@H]3[C@H]4C[C@@H]5C[C@@H](CC[C@]5(C)[C@H]3CC[C@]12C)OC(=O)CCCC(=O)O4. The molecule has 220 valence electrons. The Balaban J connectivity index is 1.37. The quantitative estimate of drug-likeness (QED) is 0.355. The van der Waals surface area contributed by atoms with E-state index in [0.717, 1.165) is 45.2 Å². The molecule has 1 aliphatic heterocycles. The van der Waals surface area contributed by atoms with Gasteiger partial charge in [0.1, 0.15) is 12.2 Å². The van der Waals surface area contributed by atoms with E-state index in [-0.39, 0.29) is 35.0 Å². The van der Waals surface area contributed by atoms with E-state index in [9.17, 15) is 14.4 Å². The molecule has 1 amide bonds. The van der Waals surface area contributed by atoms with Gasteiger partial charge in [-0.3, -0.25) is 14.4 Å². The predicted octanol–water partition coefficient (Wildman–Crippen LogP) is 6.55. The van der Waals surface area contributed by atoms with Crippen molar-refractivity contribution >= 4 is 17.8 Å². The average molecular weight is 544 g/mol. The van der Waals surface area contributed by atoms with Gasteiger partial charge >= 0.3 is 11.9 Å². The molecule has 10 atom stereocenters. The first-order valence-electron chi connectivity index (χ1n) is 16.3. The van der Waals surface area contributed by atoms with Crippen LogP contribution in [0.4, 0.5) is 0 Å². The summed E-state index contributed by atoms with van der Waals surface area (Å²) in [7, 11) is 0. The van der Waals surface area contributed by atoms with E-state index in [0.29, 0.717) is 67.1 Å². The zero-order valence-corrected chi connectivity index (χ0v) is 25.2. The van der Waals surface area contributed by atoms with Crippen molar-refractivity contribution in [3.63, 3.8) is 0 Å². The van der Waals surface area contributed by atoms with Crippen LogP contribution >= 0.6 is 0 Å². The molecule has 5 rings (SSSR count). The zero-order chi connectivity index (χ0) is 27.9. The molecule has 0 aromatic carbocycles. The second-order valence-corrected chi connectivity index (χ2v) is 14.3. The van der Waals surface area contributed by atoms with Gasteiger partial charge in [-0.05, 0) is 118 Å². The van der Waals surface area contributed by atoms with E-state index < -0.39 is 0 Å². The lowest BCUT2D eigenvalue weighted by Gasteiger charge is -2.63. The highest BCUT2D eigenvalue weighted by Crippen LogP contribution is 2.69. The summed E-state index contributed by atoms with van der Waals surface area (Å²) in [4.78, 5) is 40.1.